The quantitative estimate of drug-likeness (QED) is 0.568. The molecule has 2 aliphatic rings. The number of nitrogens with one attached hydrogen (secondary N) is 3. The van der Waals surface area contributed by atoms with Gasteiger partial charge in [-0.2, -0.15) is 0 Å². The van der Waals surface area contributed by atoms with Gasteiger partial charge in [-0.3, -0.25) is 4.79 Å². The summed E-state index contributed by atoms with van der Waals surface area (Å²) in [4.78, 5) is 15.5. The van der Waals surface area contributed by atoms with Crippen LogP contribution in [0.4, 0.5) is 0 Å². The van der Waals surface area contributed by atoms with Gasteiger partial charge in [-0.25, -0.2) is 0 Å². The van der Waals surface area contributed by atoms with Crippen LogP contribution in [0.1, 0.15) is 18.1 Å². The zero-order chi connectivity index (χ0) is 20.9. The summed E-state index contributed by atoms with van der Waals surface area (Å²) < 4.78 is 16.0. The first kappa shape index (κ1) is 20.5. The maximum Gasteiger partial charge on any atom is 0.278 e. The van der Waals surface area contributed by atoms with Gasteiger partial charge in [0, 0.05) is 12.1 Å². The number of hydrogen-bond donors (Lipinski definition) is 3. The number of carbonyl (C=O) groups excluding carboxylic acids is 1. The van der Waals surface area contributed by atoms with E-state index >= 15 is 0 Å². The van der Waals surface area contributed by atoms with Crippen molar-refractivity contribution >= 4 is 5.91 Å². The summed E-state index contributed by atoms with van der Waals surface area (Å²) in [6.45, 7) is 7.96. The standard InChI is InChI=1S/C23H29N3O4/c1-17(23(27)24-14-18-3-6-20(28-2)7-4-18)26-11-9-25(10-12-26)15-19-5-8-21-22(13-19)30-16-29-21/h3-8,13,17H,9-12,14-16H2,1-2H3,(H,24,27)/p+2/t17-/m0/s1. The van der Waals surface area contributed by atoms with Crippen molar-refractivity contribution in [3.63, 3.8) is 0 Å². The van der Waals surface area contributed by atoms with E-state index in [1.807, 2.05) is 37.3 Å². The maximum absolute atomic E-state index is 12.6. The van der Waals surface area contributed by atoms with Gasteiger partial charge in [0.25, 0.3) is 5.91 Å². The molecule has 1 fully saturated rings. The second-order valence-corrected chi connectivity index (χ2v) is 8.06. The molecule has 3 N–H and O–H groups in total. The summed E-state index contributed by atoms with van der Waals surface area (Å²) in [5.74, 6) is 2.61. The Balaban J connectivity index is 1.22. The number of ether oxygens (including phenoxy) is 3. The number of quaternary nitrogens is 2. The SMILES string of the molecule is COc1ccc(CNC(=O)[C@H](C)[NH+]2CC[NH+](Cc3ccc4c(c3)OCO4)CC2)cc1. The van der Waals surface area contributed by atoms with Gasteiger partial charge < -0.3 is 29.3 Å². The minimum absolute atomic E-state index is 0.0460. The summed E-state index contributed by atoms with van der Waals surface area (Å²) in [5, 5.41) is 3.08. The molecule has 0 bridgehead atoms. The fraction of sp³-hybridized carbons (Fsp3) is 0.435. The second-order valence-electron chi connectivity index (χ2n) is 8.06. The van der Waals surface area contributed by atoms with Crippen LogP contribution < -0.4 is 29.3 Å². The molecule has 4 rings (SSSR count). The number of rotatable bonds is 7. The van der Waals surface area contributed by atoms with E-state index in [1.54, 1.807) is 12.0 Å². The van der Waals surface area contributed by atoms with Gasteiger partial charge in [-0.05, 0) is 42.8 Å². The van der Waals surface area contributed by atoms with Crippen molar-refractivity contribution in [1.29, 1.82) is 0 Å². The Morgan fingerprint density at radius 1 is 1.03 bits per heavy atom. The zero-order valence-corrected chi connectivity index (χ0v) is 17.7. The Hall–Kier alpha value is -2.77. The fourth-order valence-electron chi connectivity index (χ4n) is 4.15. The summed E-state index contributed by atoms with van der Waals surface area (Å²) in [6, 6.07) is 13.9. The minimum Gasteiger partial charge on any atom is -0.497 e. The maximum atomic E-state index is 12.6. The Morgan fingerprint density at radius 3 is 2.47 bits per heavy atom. The highest BCUT2D eigenvalue weighted by Gasteiger charge is 2.31. The van der Waals surface area contributed by atoms with Crippen molar-refractivity contribution in [2.24, 2.45) is 0 Å². The summed E-state index contributed by atoms with van der Waals surface area (Å²) in [5.41, 5.74) is 2.34. The molecule has 0 unspecified atom stereocenters. The molecule has 7 nitrogen and oxygen atoms in total. The zero-order valence-electron chi connectivity index (χ0n) is 17.7. The second kappa shape index (κ2) is 9.36. The highest BCUT2D eigenvalue weighted by Crippen LogP contribution is 2.32. The summed E-state index contributed by atoms with van der Waals surface area (Å²) >= 11 is 0. The average molecular weight is 414 g/mol. The lowest BCUT2D eigenvalue weighted by Gasteiger charge is -2.32. The number of fused-ring (bicyclic) bond motifs is 1. The first-order chi connectivity index (χ1) is 14.6. The van der Waals surface area contributed by atoms with E-state index in [0.29, 0.717) is 13.3 Å². The third kappa shape index (κ3) is 4.86. The lowest BCUT2D eigenvalue weighted by molar-refractivity contribution is -1.02. The molecule has 7 heteroatoms. The molecule has 1 amide bonds. The van der Waals surface area contributed by atoms with E-state index in [0.717, 1.165) is 55.5 Å². The Labute approximate surface area is 177 Å². The molecule has 0 saturated carbocycles. The molecule has 0 radical (unpaired) electrons. The molecule has 1 saturated heterocycles. The first-order valence-electron chi connectivity index (χ1n) is 10.6. The molecule has 2 heterocycles. The molecule has 2 aliphatic heterocycles. The van der Waals surface area contributed by atoms with Gasteiger partial charge in [0.05, 0.1) is 7.11 Å². The van der Waals surface area contributed by atoms with Gasteiger partial charge >= 0.3 is 0 Å². The molecular weight excluding hydrogens is 382 g/mol. The fourth-order valence-corrected chi connectivity index (χ4v) is 4.15. The van der Waals surface area contributed by atoms with Crippen LogP contribution in [0.25, 0.3) is 0 Å². The first-order valence-corrected chi connectivity index (χ1v) is 10.6. The van der Waals surface area contributed by atoms with Crippen LogP contribution in [0.15, 0.2) is 42.5 Å². The smallest absolute Gasteiger partial charge is 0.278 e. The van der Waals surface area contributed by atoms with Crippen molar-refractivity contribution in [2.75, 3.05) is 40.1 Å². The number of benzene rings is 2. The van der Waals surface area contributed by atoms with E-state index in [4.69, 9.17) is 14.2 Å². The van der Waals surface area contributed by atoms with Gasteiger partial charge in [-0.15, -0.1) is 0 Å². The van der Waals surface area contributed by atoms with Crippen LogP contribution in [-0.2, 0) is 17.9 Å². The van der Waals surface area contributed by atoms with Crippen molar-refractivity contribution in [3.8, 4) is 17.2 Å². The van der Waals surface area contributed by atoms with Gasteiger partial charge in [0.15, 0.2) is 17.5 Å². The molecule has 30 heavy (non-hydrogen) atoms. The Morgan fingerprint density at radius 2 is 1.73 bits per heavy atom. The van der Waals surface area contributed by atoms with E-state index in [1.165, 1.54) is 10.5 Å². The monoisotopic (exact) mass is 413 g/mol. The van der Waals surface area contributed by atoms with Crippen LogP contribution in [0, 0.1) is 0 Å². The largest absolute Gasteiger partial charge is 0.497 e. The van der Waals surface area contributed by atoms with Gasteiger partial charge in [-0.1, -0.05) is 12.1 Å². The third-order valence-electron chi connectivity index (χ3n) is 6.12. The highest BCUT2D eigenvalue weighted by atomic mass is 16.7. The normalized spacial score (nSPS) is 21.1. The highest BCUT2D eigenvalue weighted by molar-refractivity contribution is 5.79. The number of methoxy groups -OCH3 is 1. The lowest BCUT2D eigenvalue weighted by atomic mass is 10.1. The predicted molar refractivity (Wildman–Crippen MR) is 112 cm³/mol. The van der Waals surface area contributed by atoms with Crippen LogP contribution >= 0.6 is 0 Å². The van der Waals surface area contributed by atoms with Crippen molar-refractivity contribution in [2.45, 2.75) is 26.1 Å². The van der Waals surface area contributed by atoms with Crippen molar-refractivity contribution in [1.82, 2.24) is 5.32 Å². The molecule has 1 atom stereocenters. The van der Waals surface area contributed by atoms with E-state index < -0.39 is 0 Å². The lowest BCUT2D eigenvalue weighted by Crippen LogP contribution is -3.29. The van der Waals surface area contributed by atoms with Crippen molar-refractivity contribution < 1.29 is 28.8 Å². The molecule has 0 aromatic heterocycles. The van der Waals surface area contributed by atoms with Crippen LogP contribution in [0.5, 0.6) is 17.2 Å². The van der Waals surface area contributed by atoms with Gasteiger partial charge in [0.1, 0.15) is 38.5 Å². The van der Waals surface area contributed by atoms with Crippen LogP contribution in [0.2, 0.25) is 0 Å². The minimum atomic E-state index is -0.0460. The number of amides is 1. The van der Waals surface area contributed by atoms with Crippen LogP contribution in [0.3, 0.4) is 0 Å². The van der Waals surface area contributed by atoms with Crippen LogP contribution in [-0.4, -0.2) is 52.0 Å². The Bertz CT molecular complexity index is 863. The molecule has 2 aromatic carbocycles. The number of piperazine rings is 1. The predicted octanol–water partition coefficient (Wildman–Crippen LogP) is -0.588. The Kier molecular flexibility index (Phi) is 6.40. The summed E-state index contributed by atoms with van der Waals surface area (Å²) in [7, 11) is 1.65. The van der Waals surface area contributed by atoms with E-state index in [2.05, 4.69) is 17.4 Å². The average Bonchev–Trinajstić information content (AvgIpc) is 3.26. The van der Waals surface area contributed by atoms with Gasteiger partial charge in [0.2, 0.25) is 6.79 Å². The third-order valence-corrected chi connectivity index (χ3v) is 6.12. The van der Waals surface area contributed by atoms with Crippen molar-refractivity contribution in [3.05, 3.63) is 53.6 Å². The number of hydrogen-bond acceptors (Lipinski definition) is 4. The summed E-state index contributed by atoms with van der Waals surface area (Å²) in [6.07, 6.45) is 0. The molecule has 160 valence electrons. The number of carbonyl (C=O) groups is 1. The molecule has 0 aliphatic carbocycles. The van der Waals surface area contributed by atoms with E-state index in [-0.39, 0.29) is 11.9 Å². The topological polar surface area (TPSA) is 65.7 Å². The molecule has 2 aromatic rings. The van der Waals surface area contributed by atoms with E-state index in [9.17, 15) is 4.79 Å². The molecule has 0 spiro atoms. The molecular formula is C23H31N3O4+2.